The van der Waals surface area contributed by atoms with Gasteiger partial charge in [0.25, 0.3) is 0 Å². The van der Waals surface area contributed by atoms with Crippen molar-refractivity contribution in [3.05, 3.63) is 71.8 Å². The number of oxime groups is 1. The van der Waals surface area contributed by atoms with Crippen LogP contribution < -0.4 is 9.47 Å². The Morgan fingerprint density at radius 1 is 1.12 bits per heavy atom. The minimum atomic E-state index is -0.667. The Morgan fingerprint density at radius 3 is 2.67 bits per heavy atom. The second-order valence-electron chi connectivity index (χ2n) is 8.18. The third-order valence-electron chi connectivity index (χ3n) is 5.94. The molecule has 0 saturated carbocycles. The van der Waals surface area contributed by atoms with E-state index in [1.165, 1.54) is 12.1 Å². The van der Waals surface area contributed by atoms with Crippen LogP contribution in [0.25, 0.3) is 5.69 Å². The Bertz CT molecular complexity index is 1180. The number of fused-ring (bicyclic) bond motifs is 1. The molecule has 5 rings (SSSR count). The first-order valence-electron chi connectivity index (χ1n) is 10.8. The first-order valence-corrected chi connectivity index (χ1v) is 10.8. The molecule has 2 unspecified atom stereocenters. The highest BCUT2D eigenvalue weighted by Gasteiger charge is 2.38. The SMILES string of the molecule is COc1cc(C2=NOCC3C(Oc4cc(F)cc(F)c4)CCCN23)ccc1-n1cnc(C)c1. The van der Waals surface area contributed by atoms with Crippen LogP contribution in [0.15, 0.2) is 54.1 Å². The van der Waals surface area contributed by atoms with Gasteiger partial charge in [-0.15, -0.1) is 0 Å². The molecule has 2 aliphatic heterocycles. The van der Waals surface area contributed by atoms with Gasteiger partial charge in [0.2, 0.25) is 0 Å². The fourth-order valence-corrected chi connectivity index (χ4v) is 4.42. The van der Waals surface area contributed by atoms with Crippen LogP contribution in [0.2, 0.25) is 0 Å². The van der Waals surface area contributed by atoms with Crippen molar-refractivity contribution < 1.29 is 23.1 Å². The van der Waals surface area contributed by atoms with Gasteiger partial charge in [0.15, 0.2) is 5.84 Å². The molecule has 172 valence electrons. The molecule has 2 atom stereocenters. The van der Waals surface area contributed by atoms with Gasteiger partial charge in [-0.3, -0.25) is 0 Å². The second kappa shape index (κ2) is 8.73. The van der Waals surface area contributed by atoms with Gasteiger partial charge in [0.1, 0.15) is 41.9 Å². The molecule has 0 radical (unpaired) electrons. The summed E-state index contributed by atoms with van der Waals surface area (Å²) in [5.74, 6) is 0.191. The first kappa shape index (κ1) is 21.2. The predicted molar refractivity (Wildman–Crippen MR) is 118 cm³/mol. The fourth-order valence-electron chi connectivity index (χ4n) is 4.42. The number of rotatable bonds is 5. The number of aromatic nitrogens is 2. The zero-order valence-electron chi connectivity index (χ0n) is 18.4. The van der Waals surface area contributed by atoms with E-state index in [-0.39, 0.29) is 17.9 Å². The number of amidine groups is 1. The molecule has 0 N–H and O–H groups in total. The van der Waals surface area contributed by atoms with Crippen LogP contribution in [0.3, 0.4) is 0 Å². The van der Waals surface area contributed by atoms with Crippen molar-refractivity contribution in [1.29, 1.82) is 0 Å². The molecular formula is C24H24F2N4O3. The van der Waals surface area contributed by atoms with E-state index in [2.05, 4.69) is 15.0 Å². The van der Waals surface area contributed by atoms with Gasteiger partial charge in [-0.05, 0) is 38.0 Å². The lowest BCUT2D eigenvalue weighted by Crippen LogP contribution is -2.57. The van der Waals surface area contributed by atoms with Gasteiger partial charge in [0.05, 0.1) is 24.8 Å². The van der Waals surface area contributed by atoms with Gasteiger partial charge in [-0.1, -0.05) is 5.16 Å². The Labute approximate surface area is 190 Å². The van der Waals surface area contributed by atoms with Crippen LogP contribution in [-0.2, 0) is 4.84 Å². The topological polar surface area (TPSA) is 61.1 Å². The largest absolute Gasteiger partial charge is 0.495 e. The summed E-state index contributed by atoms with van der Waals surface area (Å²) < 4.78 is 40.8. The van der Waals surface area contributed by atoms with Gasteiger partial charge in [-0.25, -0.2) is 13.8 Å². The van der Waals surface area contributed by atoms with Crippen molar-refractivity contribution in [2.75, 3.05) is 20.3 Å². The molecule has 0 aliphatic carbocycles. The molecule has 1 aromatic heterocycles. The van der Waals surface area contributed by atoms with Crippen molar-refractivity contribution in [3.63, 3.8) is 0 Å². The zero-order valence-corrected chi connectivity index (χ0v) is 18.4. The average molecular weight is 454 g/mol. The van der Waals surface area contributed by atoms with Crippen LogP contribution in [0.4, 0.5) is 8.78 Å². The lowest BCUT2D eigenvalue weighted by Gasteiger charge is -2.43. The van der Waals surface area contributed by atoms with E-state index in [4.69, 9.17) is 14.3 Å². The minimum absolute atomic E-state index is 0.139. The van der Waals surface area contributed by atoms with E-state index in [1.54, 1.807) is 13.4 Å². The van der Waals surface area contributed by atoms with Gasteiger partial charge in [0, 0.05) is 36.5 Å². The lowest BCUT2D eigenvalue weighted by molar-refractivity contribution is -0.0160. The van der Waals surface area contributed by atoms with E-state index in [0.717, 1.165) is 42.4 Å². The van der Waals surface area contributed by atoms with Crippen LogP contribution in [-0.4, -0.2) is 52.7 Å². The molecule has 9 heteroatoms. The molecular weight excluding hydrogens is 430 g/mol. The molecule has 3 aromatic rings. The molecule has 33 heavy (non-hydrogen) atoms. The molecule has 3 heterocycles. The molecule has 2 aromatic carbocycles. The third kappa shape index (κ3) is 4.22. The maximum Gasteiger partial charge on any atom is 0.176 e. The third-order valence-corrected chi connectivity index (χ3v) is 5.94. The van der Waals surface area contributed by atoms with Crippen LogP contribution in [0, 0.1) is 18.6 Å². The Balaban J connectivity index is 1.41. The number of imidazole rings is 1. The van der Waals surface area contributed by atoms with Gasteiger partial charge >= 0.3 is 0 Å². The smallest absolute Gasteiger partial charge is 0.176 e. The number of piperidine rings is 1. The predicted octanol–water partition coefficient (Wildman–Crippen LogP) is 4.07. The first-order chi connectivity index (χ1) is 16.0. The average Bonchev–Trinajstić information content (AvgIpc) is 3.24. The quantitative estimate of drug-likeness (QED) is 0.582. The molecule has 0 amide bonds. The lowest BCUT2D eigenvalue weighted by atomic mass is 9.97. The summed E-state index contributed by atoms with van der Waals surface area (Å²) in [6.45, 7) is 3.03. The number of benzene rings is 2. The monoisotopic (exact) mass is 454 g/mol. The Hall–Kier alpha value is -3.62. The summed E-state index contributed by atoms with van der Waals surface area (Å²) in [6, 6.07) is 8.92. The van der Waals surface area contributed by atoms with Crippen molar-refractivity contribution in [2.24, 2.45) is 5.16 Å². The highest BCUT2D eigenvalue weighted by atomic mass is 19.1. The number of nitrogens with zero attached hydrogens (tertiary/aromatic N) is 4. The van der Waals surface area contributed by atoms with Crippen molar-refractivity contribution in [1.82, 2.24) is 14.5 Å². The van der Waals surface area contributed by atoms with Gasteiger partial charge < -0.3 is 23.8 Å². The summed E-state index contributed by atoms with van der Waals surface area (Å²) >= 11 is 0. The maximum absolute atomic E-state index is 13.6. The Morgan fingerprint density at radius 2 is 1.94 bits per heavy atom. The standard InChI is InChI=1S/C24H24F2N4O3/c1-15-12-29(14-27-15)20-6-5-16(8-23(20)31-2)24-28-32-13-21-22(4-3-7-30(21)24)33-19-10-17(25)9-18(26)11-19/h5-6,8-12,14,21-22H,3-4,7,13H2,1-2H3. The molecule has 0 bridgehead atoms. The Kier molecular flexibility index (Phi) is 5.62. The number of hydrogen-bond donors (Lipinski definition) is 0. The van der Waals surface area contributed by atoms with Crippen molar-refractivity contribution in [3.8, 4) is 17.2 Å². The summed E-state index contributed by atoms with van der Waals surface area (Å²) in [6.07, 6.45) is 4.97. The molecule has 1 fully saturated rings. The van der Waals surface area contributed by atoms with Crippen molar-refractivity contribution >= 4 is 5.84 Å². The number of halogens is 2. The number of aryl methyl sites for hydroxylation is 1. The summed E-state index contributed by atoms with van der Waals surface area (Å²) in [5, 5.41) is 4.33. The van der Waals surface area contributed by atoms with Crippen LogP contribution in [0.5, 0.6) is 11.5 Å². The second-order valence-corrected chi connectivity index (χ2v) is 8.18. The van der Waals surface area contributed by atoms with E-state index in [0.29, 0.717) is 18.2 Å². The maximum atomic E-state index is 13.6. The highest BCUT2D eigenvalue weighted by Crippen LogP contribution is 2.31. The number of hydrogen-bond acceptors (Lipinski definition) is 6. The van der Waals surface area contributed by atoms with E-state index in [9.17, 15) is 8.78 Å². The number of methoxy groups -OCH3 is 1. The van der Waals surface area contributed by atoms with E-state index >= 15 is 0 Å². The molecule has 2 aliphatic rings. The molecule has 7 nitrogen and oxygen atoms in total. The minimum Gasteiger partial charge on any atom is -0.495 e. The summed E-state index contributed by atoms with van der Waals surface area (Å²) in [7, 11) is 1.62. The van der Waals surface area contributed by atoms with Crippen molar-refractivity contribution in [2.45, 2.75) is 31.9 Å². The molecule has 0 spiro atoms. The van der Waals surface area contributed by atoms with Crippen LogP contribution in [0.1, 0.15) is 24.1 Å². The summed E-state index contributed by atoms with van der Waals surface area (Å²) in [5.41, 5.74) is 2.62. The molecule has 1 saturated heterocycles. The normalized spacial score (nSPS) is 20.0. The highest BCUT2D eigenvalue weighted by molar-refractivity contribution is 5.99. The zero-order chi connectivity index (χ0) is 22.9. The fraction of sp³-hybridized carbons (Fsp3) is 0.333. The van der Waals surface area contributed by atoms with Gasteiger partial charge in [-0.2, -0.15) is 0 Å². The van der Waals surface area contributed by atoms with Crippen LogP contribution >= 0.6 is 0 Å². The number of ether oxygens (including phenoxy) is 2. The summed E-state index contributed by atoms with van der Waals surface area (Å²) in [4.78, 5) is 12.0. The van der Waals surface area contributed by atoms with E-state index in [1.807, 2.05) is 35.9 Å². The van der Waals surface area contributed by atoms with E-state index < -0.39 is 11.6 Å².